The highest BCUT2D eigenvalue weighted by Crippen LogP contribution is 2.16. The molecule has 0 amide bonds. The summed E-state index contributed by atoms with van der Waals surface area (Å²) in [6, 6.07) is 0. The van der Waals surface area contributed by atoms with Crippen LogP contribution < -0.4 is 10.6 Å². The maximum Gasteiger partial charge on any atom is 0.0110 e. The van der Waals surface area contributed by atoms with Gasteiger partial charge in [-0.15, -0.1) is 0 Å². The SMILES string of the molecule is CC.CC.CCCCCCCCCCCCCC.CCCCCCCCCCCCCCNCCN(CCCCCCCCCCCCCC)CCN1CCN(CCNCCCCCCCCCCCCCC)CC1. The molecular weight excluding hydrogens is 911 g/mol. The second-order valence-corrected chi connectivity index (χ2v) is 23.2. The van der Waals surface area contributed by atoms with Crippen LogP contribution in [0.2, 0.25) is 0 Å². The Morgan fingerprint density at radius 1 is 0.227 bits per heavy atom. The summed E-state index contributed by atoms with van der Waals surface area (Å²) < 4.78 is 0. The molecule has 0 radical (unpaired) electrons. The molecule has 0 spiro atoms. The predicted octanol–water partition coefficient (Wildman–Crippen LogP) is 21.9. The van der Waals surface area contributed by atoms with Gasteiger partial charge in [0.15, 0.2) is 0 Å². The highest BCUT2D eigenvalue weighted by atomic mass is 15.3. The van der Waals surface area contributed by atoms with Crippen LogP contribution in [-0.4, -0.2) is 99.8 Å². The van der Waals surface area contributed by atoms with Gasteiger partial charge in [-0.2, -0.15) is 0 Å². The second kappa shape index (κ2) is 75.9. The third-order valence-corrected chi connectivity index (χ3v) is 16.1. The van der Waals surface area contributed by atoms with Crippen LogP contribution in [0.15, 0.2) is 0 Å². The van der Waals surface area contributed by atoms with Crippen LogP contribution in [0, 0.1) is 0 Å². The summed E-state index contributed by atoms with van der Waals surface area (Å²) in [6.07, 6.45) is 69.2. The first-order chi connectivity index (χ1) is 37.2. The van der Waals surface area contributed by atoms with E-state index < -0.39 is 0 Å². The number of nitrogens with zero attached hydrogens (tertiary/aromatic N) is 3. The number of hydrogen-bond donors (Lipinski definition) is 2. The molecule has 1 saturated heterocycles. The maximum absolute atomic E-state index is 3.83. The Hall–Kier alpha value is -0.200. The summed E-state index contributed by atoms with van der Waals surface area (Å²) in [5.41, 5.74) is 0. The average Bonchev–Trinajstić information content (AvgIpc) is 3.44. The van der Waals surface area contributed by atoms with Crippen LogP contribution in [0.25, 0.3) is 0 Å². The van der Waals surface area contributed by atoms with Crippen LogP contribution in [0.4, 0.5) is 0 Å². The van der Waals surface area contributed by atoms with Crippen molar-refractivity contribution in [2.75, 3.05) is 85.1 Å². The van der Waals surface area contributed by atoms with E-state index in [-0.39, 0.29) is 0 Å². The number of rotatable bonds is 59. The molecule has 1 aliphatic heterocycles. The van der Waals surface area contributed by atoms with E-state index in [0.29, 0.717) is 0 Å². The Balaban J connectivity index is -0.00000245. The summed E-state index contributed by atoms with van der Waals surface area (Å²) in [6.45, 7) is 35.5. The molecule has 0 atom stereocenters. The molecule has 75 heavy (non-hydrogen) atoms. The average molecular weight is 1060 g/mol. The first-order valence-corrected chi connectivity index (χ1v) is 35.8. The van der Waals surface area contributed by atoms with Crippen LogP contribution in [0.3, 0.4) is 0 Å². The van der Waals surface area contributed by atoms with Crippen molar-refractivity contribution in [2.45, 2.75) is 371 Å². The minimum Gasteiger partial charge on any atom is -0.315 e. The van der Waals surface area contributed by atoms with Crippen molar-refractivity contribution < 1.29 is 0 Å². The number of unbranched alkanes of at least 4 members (excludes halogenated alkanes) is 44. The molecule has 5 nitrogen and oxygen atoms in total. The van der Waals surface area contributed by atoms with Gasteiger partial charge >= 0.3 is 0 Å². The van der Waals surface area contributed by atoms with Crippen molar-refractivity contribution in [3.8, 4) is 0 Å². The van der Waals surface area contributed by atoms with Crippen LogP contribution in [0.5, 0.6) is 0 Å². The molecule has 0 aliphatic carbocycles. The van der Waals surface area contributed by atoms with E-state index in [9.17, 15) is 0 Å². The summed E-state index contributed by atoms with van der Waals surface area (Å²) in [4.78, 5) is 8.26. The Labute approximate surface area is 478 Å². The molecule has 1 heterocycles. The lowest BCUT2D eigenvalue weighted by Gasteiger charge is -2.36. The standard InChI is InChI=1S/C52H109N5.C14H30.2C2H6/c1-4-7-10-13-16-19-22-25-28-31-34-37-40-53-42-45-55(44-39-36-33-30-27-24-21-18-15-12-9-6-3)47-50-57-51-48-56(49-52-57)46-43-54-41-38-35-32-29-26-23-20-17-14-11-8-5-2;1-3-5-7-9-11-13-14-12-10-8-6-4-2;2*1-2/h53-54H,4-52H2,1-3H3;3-14H2,1-2H3;2*1-2H3. The van der Waals surface area contributed by atoms with E-state index in [1.807, 2.05) is 27.7 Å². The van der Waals surface area contributed by atoms with Gasteiger partial charge in [0, 0.05) is 65.4 Å². The summed E-state index contributed by atoms with van der Waals surface area (Å²) >= 11 is 0. The van der Waals surface area contributed by atoms with Gasteiger partial charge in [-0.3, -0.25) is 9.80 Å². The molecule has 5 heteroatoms. The Morgan fingerprint density at radius 3 is 0.733 bits per heavy atom. The minimum atomic E-state index is 1.16. The fourth-order valence-corrected chi connectivity index (χ4v) is 10.9. The van der Waals surface area contributed by atoms with E-state index >= 15 is 0 Å². The molecule has 1 fully saturated rings. The quantitative estimate of drug-likeness (QED) is 0.0594. The van der Waals surface area contributed by atoms with Crippen molar-refractivity contribution in [2.24, 2.45) is 0 Å². The van der Waals surface area contributed by atoms with Crippen LogP contribution >= 0.6 is 0 Å². The monoisotopic (exact) mass is 1060 g/mol. The normalized spacial score (nSPS) is 12.9. The van der Waals surface area contributed by atoms with E-state index in [1.165, 1.54) is 380 Å². The molecule has 0 aromatic carbocycles. The van der Waals surface area contributed by atoms with Gasteiger partial charge in [-0.05, 0) is 38.9 Å². The molecule has 0 saturated carbocycles. The van der Waals surface area contributed by atoms with E-state index in [4.69, 9.17) is 0 Å². The van der Waals surface area contributed by atoms with Crippen LogP contribution in [-0.2, 0) is 0 Å². The topological polar surface area (TPSA) is 33.8 Å². The molecule has 0 bridgehead atoms. The highest BCUT2D eigenvalue weighted by Gasteiger charge is 2.17. The lowest BCUT2D eigenvalue weighted by Crippen LogP contribution is -2.50. The smallest absolute Gasteiger partial charge is 0.0110 e. The first kappa shape index (κ1) is 79.0. The highest BCUT2D eigenvalue weighted by molar-refractivity contribution is 4.74. The fraction of sp³-hybridized carbons (Fsp3) is 1.00. The lowest BCUT2D eigenvalue weighted by molar-refractivity contribution is 0.118. The Kier molecular flexibility index (Phi) is 79.9. The fourth-order valence-electron chi connectivity index (χ4n) is 10.9. The van der Waals surface area contributed by atoms with Crippen molar-refractivity contribution in [3.05, 3.63) is 0 Å². The zero-order valence-corrected chi connectivity index (χ0v) is 54.5. The van der Waals surface area contributed by atoms with Gasteiger partial charge in [-0.25, -0.2) is 0 Å². The van der Waals surface area contributed by atoms with Gasteiger partial charge in [0.1, 0.15) is 0 Å². The zero-order valence-electron chi connectivity index (χ0n) is 54.5. The molecule has 0 aromatic rings. The minimum absolute atomic E-state index is 1.16. The van der Waals surface area contributed by atoms with Gasteiger partial charge in [-0.1, -0.05) is 351 Å². The third kappa shape index (κ3) is 69.9. The molecule has 1 aliphatic rings. The van der Waals surface area contributed by atoms with Crippen molar-refractivity contribution >= 4 is 0 Å². The maximum atomic E-state index is 3.83. The van der Waals surface area contributed by atoms with Gasteiger partial charge < -0.3 is 15.5 Å². The first-order valence-electron chi connectivity index (χ1n) is 35.8. The summed E-state index contributed by atoms with van der Waals surface area (Å²) in [5.74, 6) is 0. The Bertz CT molecular complexity index is 895. The van der Waals surface area contributed by atoms with E-state index in [0.717, 1.165) is 13.1 Å². The molecular formula is C70H151N5. The summed E-state index contributed by atoms with van der Waals surface area (Å²) in [7, 11) is 0. The molecule has 456 valence electrons. The van der Waals surface area contributed by atoms with E-state index in [1.54, 1.807) is 0 Å². The summed E-state index contributed by atoms with van der Waals surface area (Å²) in [5, 5.41) is 7.58. The number of hydrogen-bond acceptors (Lipinski definition) is 5. The number of nitrogens with one attached hydrogen (secondary N) is 2. The largest absolute Gasteiger partial charge is 0.315 e. The lowest BCUT2D eigenvalue weighted by atomic mass is 10.1. The van der Waals surface area contributed by atoms with Gasteiger partial charge in [0.05, 0.1) is 0 Å². The second-order valence-electron chi connectivity index (χ2n) is 23.2. The number of piperazine rings is 1. The molecule has 0 aromatic heterocycles. The van der Waals surface area contributed by atoms with E-state index in [2.05, 4.69) is 60.0 Å². The van der Waals surface area contributed by atoms with Gasteiger partial charge in [0.2, 0.25) is 0 Å². The zero-order chi connectivity index (χ0) is 55.3. The third-order valence-electron chi connectivity index (χ3n) is 16.1. The van der Waals surface area contributed by atoms with Crippen molar-refractivity contribution in [1.29, 1.82) is 0 Å². The van der Waals surface area contributed by atoms with Gasteiger partial charge in [0.25, 0.3) is 0 Å². The van der Waals surface area contributed by atoms with Crippen LogP contribution in [0.1, 0.15) is 371 Å². The predicted molar refractivity (Wildman–Crippen MR) is 348 cm³/mol. The molecule has 0 unspecified atom stereocenters. The van der Waals surface area contributed by atoms with Crippen molar-refractivity contribution in [1.82, 2.24) is 25.3 Å². The molecule has 2 N–H and O–H groups in total. The Morgan fingerprint density at radius 2 is 0.453 bits per heavy atom. The molecule has 1 rings (SSSR count). The van der Waals surface area contributed by atoms with Crippen molar-refractivity contribution in [3.63, 3.8) is 0 Å².